The van der Waals surface area contributed by atoms with E-state index in [1.165, 1.54) is 4.90 Å². The van der Waals surface area contributed by atoms with Gasteiger partial charge >= 0.3 is 6.09 Å². The highest BCUT2D eigenvalue weighted by Gasteiger charge is 2.21. The second kappa shape index (κ2) is 6.25. The van der Waals surface area contributed by atoms with Gasteiger partial charge in [0.1, 0.15) is 5.75 Å². The van der Waals surface area contributed by atoms with Crippen LogP contribution in [0.4, 0.5) is 4.79 Å². The summed E-state index contributed by atoms with van der Waals surface area (Å²) in [6.45, 7) is 3.42. The number of ether oxygens (including phenoxy) is 1. The second-order valence-electron chi connectivity index (χ2n) is 4.50. The van der Waals surface area contributed by atoms with E-state index in [1.54, 1.807) is 7.11 Å². The number of piperazine rings is 1. The number of carbonyl (C=O) groups is 1. The summed E-state index contributed by atoms with van der Waals surface area (Å²) in [6, 6.07) is 5.97. The molecule has 1 N–H and O–H groups in total. The second-order valence-corrected chi connectivity index (χ2v) is 5.42. The third kappa shape index (κ3) is 3.61. The van der Waals surface area contributed by atoms with Crippen LogP contribution < -0.4 is 4.74 Å². The van der Waals surface area contributed by atoms with E-state index in [0.717, 1.165) is 35.4 Å². The molecule has 0 unspecified atom stereocenters. The maximum Gasteiger partial charge on any atom is 0.407 e. The van der Waals surface area contributed by atoms with E-state index < -0.39 is 6.09 Å². The molecule has 0 saturated carbocycles. The highest BCUT2D eigenvalue weighted by Crippen LogP contribution is 2.25. The Kier molecular flexibility index (Phi) is 4.66. The molecule has 1 aromatic carbocycles. The molecule has 0 atom stereocenters. The molecule has 6 heteroatoms. The molecule has 0 spiro atoms. The highest BCUT2D eigenvalue weighted by molar-refractivity contribution is 9.10. The number of hydrogen-bond acceptors (Lipinski definition) is 3. The smallest absolute Gasteiger partial charge is 0.407 e. The van der Waals surface area contributed by atoms with Crippen molar-refractivity contribution in [3.63, 3.8) is 0 Å². The van der Waals surface area contributed by atoms with Crippen molar-refractivity contribution in [1.82, 2.24) is 9.80 Å². The zero-order valence-electron chi connectivity index (χ0n) is 10.8. The maximum atomic E-state index is 10.8. The lowest BCUT2D eigenvalue weighted by atomic mass is 10.1. The summed E-state index contributed by atoms with van der Waals surface area (Å²) < 4.78 is 6.36. The summed E-state index contributed by atoms with van der Waals surface area (Å²) >= 11 is 3.42. The Morgan fingerprint density at radius 3 is 2.63 bits per heavy atom. The van der Waals surface area contributed by atoms with Gasteiger partial charge in [-0.25, -0.2) is 4.79 Å². The molecule has 2 rings (SSSR count). The van der Waals surface area contributed by atoms with Crippen LogP contribution in [0.15, 0.2) is 22.7 Å². The Morgan fingerprint density at radius 2 is 2.05 bits per heavy atom. The predicted octanol–water partition coefficient (Wildman–Crippen LogP) is 2.25. The number of halogens is 1. The van der Waals surface area contributed by atoms with Gasteiger partial charge in [-0.15, -0.1) is 0 Å². The Morgan fingerprint density at radius 1 is 1.37 bits per heavy atom. The minimum absolute atomic E-state index is 0.564. The van der Waals surface area contributed by atoms with E-state index >= 15 is 0 Å². The van der Waals surface area contributed by atoms with Crippen LogP contribution in [0.1, 0.15) is 5.56 Å². The number of nitrogens with zero attached hydrogens (tertiary/aromatic N) is 2. The summed E-state index contributed by atoms with van der Waals surface area (Å²) in [5, 5.41) is 8.91. The number of rotatable bonds is 3. The molecular weight excluding hydrogens is 312 g/mol. The van der Waals surface area contributed by atoms with Crippen molar-refractivity contribution in [3.05, 3.63) is 28.2 Å². The minimum atomic E-state index is -0.833. The van der Waals surface area contributed by atoms with Gasteiger partial charge in [0.2, 0.25) is 0 Å². The number of hydrogen-bond donors (Lipinski definition) is 1. The average molecular weight is 329 g/mol. The largest absolute Gasteiger partial charge is 0.496 e. The van der Waals surface area contributed by atoms with Gasteiger partial charge < -0.3 is 14.7 Å². The molecule has 1 saturated heterocycles. The number of benzene rings is 1. The fourth-order valence-electron chi connectivity index (χ4n) is 2.19. The predicted molar refractivity (Wildman–Crippen MR) is 75.6 cm³/mol. The molecule has 1 fully saturated rings. The van der Waals surface area contributed by atoms with Crippen molar-refractivity contribution in [2.45, 2.75) is 6.54 Å². The molecule has 19 heavy (non-hydrogen) atoms. The van der Waals surface area contributed by atoms with Crippen LogP contribution in [0.5, 0.6) is 5.75 Å². The Hall–Kier alpha value is -1.27. The van der Waals surface area contributed by atoms with Gasteiger partial charge in [0.25, 0.3) is 0 Å². The summed E-state index contributed by atoms with van der Waals surface area (Å²) in [5.74, 6) is 0.857. The van der Waals surface area contributed by atoms with Crippen LogP contribution in [0.25, 0.3) is 0 Å². The molecule has 1 aromatic rings. The zero-order valence-corrected chi connectivity index (χ0v) is 12.4. The first kappa shape index (κ1) is 14.1. The fraction of sp³-hybridized carbons (Fsp3) is 0.462. The van der Waals surface area contributed by atoms with E-state index in [4.69, 9.17) is 9.84 Å². The van der Waals surface area contributed by atoms with Crippen LogP contribution in [0, 0.1) is 0 Å². The van der Waals surface area contributed by atoms with E-state index in [-0.39, 0.29) is 0 Å². The molecule has 1 amide bonds. The van der Waals surface area contributed by atoms with Crippen molar-refractivity contribution in [2.24, 2.45) is 0 Å². The highest BCUT2D eigenvalue weighted by atomic mass is 79.9. The number of carboxylic acid groups (broad SMARTS) is 1. The molecule has 1 aliphatic heterocycles. The van der Waals surface area contributed by atoms with E-state index in [1.807, 2.05) is 18.2 Å². The SMILES string of the molecule is COc1cc(Br)ccc1CN1CCN(C(=O)O)CC1. The molecule has 0 aliphatic carbocycles. The molecule has 104 valence electrons. The van der Waals surface area contributed by atoms with Gasteiger partial charge in [-0.05, 0) is 12.1 Å². The van der Waals surface area contributed by atoms with Gasteiger partial charge in [-0.1, -0.05) is 22.0 Å². The van der Waals surface area contributed by atoms with Crippen molar-refractivity contribution < 1.29 is 14.6 Å². The molecule has 1 aliphatic rings. The van der Waals surface area contributed by atoms with E-state index in [9.17, 15) is 4.79 Å². The molecular formula is C13H17BrN2O3. The van der Waals surface area contributed by atoms with Crippen molar-refractivity contribution >= 4 is 22.0 Å². The van der Waals surface area contributed by atoms with Crippen LogP contribution in [-0.4, -0.2) is 54.3 Å². The van der Waals surface area contributed by atoms with Crippen LogP contribution in [0.3, 0.4) is 0 Å². The van der Waals surface area contributed by atoms with Crippen molar-refractivity contribution in [2.75, 3.05) is 33.3 Å². The van der Waals surface area contributed by atoms with Gasteiger partial charge in [0, 0.05) is 42.8 Å². The fourth-order valence-corrected chi connectivity index (χ4v) is 2.53. The third-order valence-corrected chi connectivity index (χ3v) is 3.78. The monoisotopic (exact) mass is 328 g/mol. The third-order valence-electron chi connectivity index (χ3n) is 3.29. The lowest BCUT2D eigenvalue weighted by Gasteiger charge is -2.33. The van der Waals surface area contributed by atoms with Crippen LogP contribution in [0.2, 0.25) is 0 Å². The first-order valence-electron chi connectivity index (χ1n) is 6.13. The molecule has 0 radical (unpaired) electrons. The molecule has 0 bridgehead atoms. The Labute approximate surface area is 120 Å². The topological polar surface area (TPSA) is 53.0 Å². The quantitative estimate of drug-likeness (QED) is 0.924. The summed E-state index contributed by atoms with van der Waals surface area (Å²) in [5.41, 5.74) is 1.12. The lowest BCUT2D eigenvalue weighted by molar-refractivity contribution is 0.102. The van der Waals surface area contributed by atoms with E-state index in [0.29, 0.717) is 13.1 Å². The van der Waals surface area contributed by atoms with Crippen LogP contribution in [-0.2, 0) is 6.54 Å². The number of methoxy groups -OCH3 is 1. The minimum Gasteiger partial charge on any atom is -0.496 e. The van der Waals surface area contributed by atoms with Gasteiger partial charge in [0.15, 0.2) is 0 Å². The Bertz CT molecular complexity index is 459. The normalized spacial score (nSPS) is 16.4. The standard InChI is InChI=1S/C13H17BrN2O3/c1-19-12-8-11(14)3-2-10(12)9-15-4-6-16(7-5-15)13(17)18/h2-3,8H,4-7,9H2,1H3,(H,17,18). The molecule has 0 aromatic heterocycles. The van der Waals surface area contributed by atoms with Crippen molar-refractivity contribution in [1.29, 1.82) is 0 Å². The van der Waals surface area contributed by atoms with Crippen molar-refractivity contribution in [3.8, 4) is 5.75 Å². The summed E-state index contributed by atoms with van der Waals surface area (Å²) in [6.07, 6.45) is -0.833. The molecule has 5 nitrogen and oxygen atoms in total. The van der Waals surface area contributed by atoms with Gasteiger partial charge in [-0.3, -0.25) is 4.90 Å². The van der Waals surface area contributed by atoms with Gasteiger partial charge in [-0.2, -0.15) is 0 Å². The van der Waals surface area contributed by atoms with Crippen LogP contribution >= 0.6 is 15.9 Å². The molecule has 1 heterocycles. The lowest BCUT2D eigenvalue weighted by Crippen LogP contribution is -2.47. The zero-order chi connectivity index (χ0) is 13.8. The number of amides is 1. The first-order valence-corrected chi connectivity index (χ1v) is 6.92. The first-order chi connectivity index (χ1) is 9.10. The summed E-state index contributed by atoms with van der Waals surface area (Å²) in [4.78, 5) is 14.5. The van der Waals surface area contributed by atoms with Gasteiger partial charge in [0.05, 0.1) is 7.11 Å². The van der Waals surface area contributed by atoms with E-state index in [2.05, 4.69) is 20.8 Å². The summed E-state index contributed by atoms with van der Waals surface area (Å²) in [7, 11) is 1.66. The Balaban J connectivity index is 1.97. The average Bonchev–Trinajstić information content (AvgIpc) is 2.41. The maximum absolute atomic E-state index is 10.8.